The average molecular weight is 409 g/mol. The minimum Gasteiger partial charge on any atom is -0.397 e. The maximum atomic E-state index is 12.3. The summed E-state index contributed by atoms with van der Waals surface area (Å²) in [5.41, 5.74) is 8.30. The van der Waals surface area contributed by atoms with Crippen molar-refractivity contribution in [2.24, 2.45) is 0 Å². The van der Waals surface area contributed by atoms with Crippen LogP contribution in [0.15, 0.2) is 48.5 Å². The van der Waals surface area contributed by atoms with Gasteiger partial charge in [-0.2, -0.15) is 0 Å². The molecular weight excluding hydrogens is 382 g/mol. The van der Waals surface area contributed by atoms with Crippen LogP contribution in [0.1, 0.15) is 35.2 Å². The first-order valence-electron chi connectivity index (χ1n) is 10.1. The molecule has 1 fully saturated rings. The number of amides is 4. The van der Waals surface area contributed by atoms with E-state index in [9.17, 15) is 14.4 Å². The molecule has 0 aromatic heterocycles. The number of anilines is 2. The molecule has 1 saturated heterocycles. The first kappa shape index (κ1) is 21.2. The van der Waals surface area contributed by atoms with Gasteiger partial charge in [-0.25, -0.2) is 4.79 Å². The number of nitrogen functional groups attached to an aromatic ring is 1. The molecule has 2 aromatic rings. The van der Waals surface area contributed by atoms with E-state index in [1.807, 2.05) is 4.90 Å². The van der Waals surface area contributed by atoms with Crippen LogP contribution in [0.4, 0.5) is 16.2 Å². The standard InChI is InChI=1S/C22H27N5O3/c23-18-5-1-2-6-19(18)26-21(29)17-10-8-16(9-11-17)15-25-22(30)24-12-4-14-27-13-3-7-20(27)28/h1-2,5-6,8-11H,3-4,7,12-15,23H2,(H,26,29)(H2,24,25,30). The van der Waals surface area contributed by atoms with Crippen molar-refractivity contribution in [3.8, 4) is 0 Å². The number of carbonyl (C=O) groups excluding carboxylic acids is 3. The molecular formula is C22H27N5O3. The molecule has 0 radical (unpaired) electrons. The van der Waals surface area contributed by atoms with E-state index in [-0.39, 0.29) is 17.8 Å². The Morgan fingerprint density at radius 2 is 1.80 bits per heavy atom. The van der Waals surface area contributed by atoms with Gasteiger partial charge in [-0.1, -0.05) is 24.3 Å². The fourth-order valence-electron chi connectivity index (χ4n) is 3.24. The molecule has 0 unspecified atom stereocenters. The van der Waals surface area contributed by atoms with Crippen LogP contribution in [0.2, 0.25) is 0 Å². The molecule has 0 aliphatic carbocycles. The van der Waals surface area contributed by atoms with Gasteiger partial charge in [0.05, 0.1) is 11.4 Å². The van der Waals surface area contributed by atoms with Crippen molar-refractivity contribution in [2.75, 3.05) is 30.7 Å². The monoisotopic (exact) mass is 409 g/mol. The van der Waals surface area contributed by atoms with Gasteiger partial charge in [0.15, 0.2) is 0 Å². The van der Waals surface area contributed by atoms with Gasteiger partial charge in [0.1, 0.15) is 0 Å². The zero-order valence-electron chi connectivity index (χ0n) is 16.8. The average Bonchev–Trinajstić information content (AvgIpc) is 3.16. The maximum Gasteiger partial charge on any atom is 0.315 e. The molecule has 1 aliphatic rings. The molecule has 30 heavy (non-hydrogen) atoms. The first-order chi connectivity index (χ1) is 14.5. The lowest BCUT2D eigenvalue weighted by molar-refractivity contribution is -0.127. The third-order valence-corrected chi connectivity index (χ3v) is 4.94. The van der Waals surface area contributed by atoms with E-state index in [2.05, 4.69) is 16.0 Å². The van der Waals surface area contributed by atoms with E-state index in [1.54, 1.807) is 48.5 Å². The molecule has 3 rings (SSSR count). The summed E-state index contributed by atoms with van der Waals surface area (Å²) in [7, 11) is 0. The number of likely N-dealkylation sites (tertiary alicyclic amines) is 1. The van der Waals surface area contributed by atoms with Crippen molar-refractivity contribution in [1.82, 2.24) is 15.5 Å². The second kappa shape index (κ2) is 10.3. The number of benzene rings is 2. The number of nitrogens with two attached hydrogens (primary N) is 1. The third kappa shape index (κ3) is 5.97. The molecule has 1 aliphatic heterocycles. The van der Waals surface area contributed by atoms with Gasteiger partial charge in [0, 0.05) is 38.2 Å². The minimum absolute atomic E-state index is 0.198. The van der Waals surface area contributed by atoms with Crippen LogP contribution in [0, 0.1) is 0 Å². The Morgan fingerprint density at radius 3 is 2.50 bits per heavy atom. The molecule has 5 N–H and O–H groups in total. The van der Waals surface area contributed by atoms with Crippen LogP contribution in [-0.4, -0.2) is 42.4 Å². The van der Waals surface area contributed by atoms with E-state index < -0.39 is 0 Å². The van der Waals surface area contributed by atoms with E-state index in [0.29, 0.717) is 43.0 Å². The Bertz CT molecular complexity index is 898. The van der Waals surface area contributed by atoms with Gasteiger partial charge >= 0.3 is 6.03 Å². The molecule has 8 nitrogen and oxygen atoms in total. The molecule has 4 amide bonds. The van der Waals surface area contributed by atoms with E-state index in [0.717, 1.165) is 24.9 Å². The topological polar surface area (TPSA) is 117 Å². The fraction of sp³-hybridized carbons (Fsp3) is 0.318. The Labute approximate surface area is 175 Å². The van der Waals surface area contributed by atoms with E-state index in [1.165, 1.54) is 0 Å². The highest BCUT2D eigenvalue weighted by Gasteiger charge is 2.19. The highest BCUT2D eigenvalue weighted by atomic mass is 16.2. The van der Waals surface area contributed by atoms with Crippen molar-refractivity contribution in [3.63, 3.8) is 0 Å². The maximum absolute atomic E-state index is 12.3. The number of hydrogen-bond acceptors (Lipinski definition) is 4. The van der Waals surface area contributed by atoms with Crippen LogP contribution in [0.3, 0.4) is 0 Å². The quantitative estimate of drug-likeness (QED) is 0.395. The summed E-state index contributed by atoms with van der Waals surface area (Å²) in [6.45, 7) is 2.36. The summed E-state index contributed by atoms with van der Waals surface area (Å²) in [6, 6.07) is 13.8. The van der Waals surface area contributed by atoms with Crippen molar-refractivity contribution in [3.05, 3.63) is 59.7 Å². The predicted molar refractivity (Wildman–Crippen MR) is 116 cm³/mol. The number of urea groups is 1. The lowest BCUT2D eigenvalue weighted by Crippen LogP contribution is -2.37. The predicted octanol–water partition coefficient (Wildman–Crippen LogP) is 2.33. The summed E-state index contributed by atoms with van der Waals surface area (Å²) < 4.78 is 0. The second-order valence-electron chi connectivity index (χ2n) is 7.19. The SMILES string of the molecule is Nc1ccccc1NC(=O)c1ccc(CNC(=O)NCCCN2CCCC2=O)cc1. The Morgan fingerprint density at radius 1 is 1.03 bits per heavy atom. The Kier molecular flexibility index (Phi) is 7.26. The third-order valence-electron chi connectivity index (χ3n) is 4.94. The van der Waals surface area contributed by atoms with Crippen molar-refractivity contribution in [2.45, 2.75) is 25.8 Å². The van der Waals surface area contributed by atoms with Gasteiger partial charge in [0.2, 0.25) is 5.91 Å². The normalized spacial score (nSPS) is 13.2. The smallest absolute Gasteiger partial charge is 0.315 e. The molecule has 0 atom stereocenters. The highest BCUT2D eigenvalue weighted by molar-refractivity contribution is 6.05. The zero-order chi connectivity index (χ0) is 21.3. The van der Waals surface area contributed by atoms with Crippen LogP contribution >= 0.6 is 0 Å². The van der Waals surface area contributed by atoms with Crippen LogP contribution in [0.5, 0.6) is 0 Å². The van der Waals surface area contributed by atoms with E-state index in [4.69, 9.17) is 5.73 Å². The highest BCUT2D eigenvalue weighted by Crippen LogP contribution is 2.18. The second-order valence-corrected chi connectivity index (χ2v) is 7.19. The van der Waals surface area contributed by atoms with Crippen molar-refractivity contribution >= 4 is 29.2 Å². The summed E-state index contributed by atoms with van der Waals surface area (Å²) in [5.74, 6) is -0.0505. The molecule has 0 spiro atoms. The van der Waals surface area contributed by atoms with Gasteiger partial charge < -0.3 is 26.6 Å². The number of nitrogens with zero attached hydrogens (tertiary/aromatic N) is 1. The van der Waals surface area contributed by atoms with E-state index >= 15 is 0 Å². The van der Waals surface area contributed by atoms with Gasteiger partial charge in [-0.3, -0.25) is 9.59 Å². The lowest BCUT2D eigenvalue weighted by atomic mass is 10.1. The molecule has 158 valence electrons. The molecule has 2 aromatic carbocycles. The summed E-state index contributed by atoms with van der Waals surface area (Å²) in [5, 5.41) is 8.35. The van der Waals surface area contributed by atoms with Crippen LogP contribution in [0.25, 0.3) is 0 Å². The van der Waals surface area contributed by atoms with Crippen LogP contribution in [-0.2, 0) is 11.3 Å². The molecule has 1 heterocycles. The summed E-state index contributed by atoms with van der Waals surface area (Å²) in [6.07, 6.45) is 2.29. The first-order valence-corrected chi connectivity index (χ1v) is 10.1. The lowest BCUT2D eigenvalue weighted by Gasteiger charge is -2.15. The summed E-state index contributed by atoms with van der Waals surface area (Å²) in [4.78, 5) is 37.6. The number of hydrogen-bond donors (Lipinski definition) is 4. The van der Waals surface area contributed by atoms with Crippen molar-refractivity contribution < 1.29 is 14.4 Å². The Hall–Kier alpha value is -3.55. The van der Waals surface area contributed by atoms with Crippen LogP contribution < -0.4 is 21.7 Å². The molecule has 8 heteroatoms. The van der Waals surface area contributed by atoms with Crippen molar-refractivity contribution in [1.29, 1.82) is 0 Å². The number of carbonyl (C=O) groups is 3. The molecule has 0 saturated carbocycles. The number of nitrogens with one attached hydrogen (secondary N) is 3. The minimum atomic E-state index is -0.260. The largest absolute Gasteiger partial charge is 0.397 e. The number of para-hydroxylation sites is 2. The molecule has 0 bridgehead atoms. The van der Waals surface area contributed by atoms with Gasteiger partial charge in [0.25, 0.3) is 5.91 Å². The van der Waals surface area contributed by atoms with Gasteiger partial charge in [-0.05, 0) is 42.7 Å². The summed E-state index contributed by atoms with van der Waals surface area (Å²) >= 11 is 0. The number of rotatable bonds is 8. The fourth-order valence-corrected chi connectivity index (χ4v) is 3.24. The zero-order valence-corrected chi connectivity index (χ0v) is 16.8. The Balaban J connectivity index is 1.37. The van der Waals surface area contributed by atoms with Gasteiger partial charge in [-0.15, -0.1) is 0 Å².